The fourth-order valence-corrected chi connectivity index (χ4v) is 2.83. The molecule has 2 nitrogen and oxygen atoms in total. The van der Waals surface area contributed by atoms with E-state index in [4.69, 9.17) is 11.2 Å². The van der Waals surface area contributed by atoms with E-state index in [1.165, 1.54) is 7.11 Å². The molecule has 0 saturated heterocycles. The minimum absolute atomic E-state index is 0.457. The lowest BCUT2D eigenvalue weighted by Gasteiger charge is -2.37. The first-order chi connectivity index (χ1) is 9.97. The number of rotatable bonds is 5. The number of aliphatic hydroxyl groups is 1. The number of benzene rings is 1. The average molecular weight is 379 g/mol. The van der Waals surface area contributed by atoms with Crippen LogP contribution in [0.2, 0.25) is 0 Å². The molecule has 0 amide bonds. The lowest BCUT2D eigenvalue weighted by Crippen LogP contribution is -2.48. The number of terminal acetylenes is 1. The molecule has 0 fully saturated rings. The third-order valence-corrected chi connectivity index (χ3v) is 4.04. The zero-order valence-electron chi connectivity index (χ0n) is 12.6. The van der Waals surface area contributed by atoms with Crippen LogP contribution >= 0.6 is 15.9 Å². The first-order valence-corrected chi connectivity index (χ1v) is 7.33. The highest BCUT2D eigenvalue weighted by Gasteiger charge is 2.55. The zero-order valence-corrected chi connectivity index (χ0v) is 14.2. The van der Waals surface area contributed by atoms with E-state index >= 15 is 0 Å². The summed E-state index contributed by atoms with van der Waals surface area (Å²) in [5.74, 6) is 2.38. The number of halogens is 4. The van der Waals surface area contributed by atoms with Gasteiger partial charge in [0.05, 0.1) is 7.11 Å². The lowest BCUT2D eigenvalue weighted by molar-refractivity contribution is -0.264. The smallest absolute Gasteiger partial charge is 0.418 e. The van der Waals surface area contributed by atoms with Gasteiger partial charge in [-0.2, -0.15) is 13.2 Å². The van der Waals surface area contributed by atoms with Crippen molar-refractivity contribution in [1.29, 1.82) is 0 Å². The van der Waals surface area contributed by atoms with Crippen LogP contribution in [0, 0.1) is 12.3 Å². The van der Waals surface area contributed by atoms with Gasteiger partial charge in [0, 0.05) is 16.5 Å². The van der Waals surface area contributed by atoms with Crippen molar-refractivity contribution in [3.8, 4) is 18.1 Å². The van der Waals surface area contributed by atoms with E-state index in [2.05, 4.69) is 15.9 Å². The van der Waals surface area contributed by atoms with Crippen molar-refractivity contribution in [2.24, 2.45) is 0 Å². The molecule has 1 rings (SSSR count). The minimum atomic E-state index is -4.81. The molecule has 0 saturated carbocycles. The second kappa shape index (κ2) is 6.51. The standard InChI is InChI=1S/C16H18BrF3O2/c1-5-8-15(21,16(18,19)20)10-14(2,3)12-9-11(17)6-7-13(12)22-4/h1,6-7,9,21H,8,10H2,2-4H3. The van der Waals surface area contributed by atoms with Crippen molar-refractivity contribution in [3.63, 3.8) is 0 Å². The predicted molar refractivity (Wildman–Crippen MR) is 82.8 cm³/mol. The maximum absolute atomic E-state index is 13.2. The zero-order chi connectivity index (χ0) is 17.2. The quantitative estimate of drug-likeness (QED) is 0.767. The molecule has 1 aromatic carbocycles. The molecule has 0 heterocycles. The van der Waals surface area contributed by atoms with E-state index in [1.807, 2.05) is 5.92 Å². The highest BCUT2D eigenvalue weighted by atomic mass is 79.9. The molecule has 0 bridgehead atoms. The Balaban J connectivity index is 3.30. The normalized spacial score (nSPS) is 15.0. The van der Waals surface area contributed by atoms with Crippen molar-refractivity contribution in [1.82, 2.24) is 0 Å². The predicted octanol–water partition coefficient (Wildman–Crippen LogP) is 4.44. The molecule has 22 heavy (non-hydrogen) atoms. The Morgan fingerprint density at radius 2 is 1.91 bits per heavy atom. The molecule has 0 radical (unpaired) electrons. The summed E-state index contributed by atoms with van der Waals surface area (Å²) < 4.78 is 45.6. The Bertz CT molecular complexity index is 576. The van der Waals surface area contributed by atoms with E-state index in [-0.39, 0.29) is 0 Å². The largest absolute Gasteiger partial charge is 0.496 e. The number of methoxy groups -OCH3 is 1. The van der Waals surface area contributed by atoms with Gasteiger partial charge in [-0.1, -0.05) is 29.8 Å². The number of hydrogen-bond donors (Lipinski definition) is 1. The van der Waals surface area contributed by atoms with Gasteiger partial charge >= 0.3 is 6.18 Å². The highest BCUT2D eigenvalue weighted by molar-refractivity contribution is 9.10. The summed E-state index contributed by atoms with van der Waals surface area (Å²) in [6, 6.07) is 5.08. The summed E-state index contributed by atoms with van der Waals surface area (Å²) in [5.41, 5.74) is -3.39. The van der Waals surface area contributed by atoms with Gasteiger partial charge in [0.2, 0.25) is 0 Å². The third kappa shape index (κ3) is 3.96. The molecule has 0 spiro atoms. The fourth-order valence-electron chi connectivity index (χ4n) is 2.47. The lowest BCUT2D eigenvalue weighted by atomic mass is 9.73. The minimum Gasteiger partial charge on any atom is -0.496 e. The van der Waals surface area contributed by atoms with Crippen LogP contribution in [0.5, 0.6) is 5.75 Å². The van der Waals surface area contributed by atoms with Gasteiger partial charge in [0.1, 0.15) is 5.75 Å². The van der Waals surface area contributed by atoms with Gasteiger partial charge in [-0.15, -0.1) is 12.3 Å². The van der Waals surface area contributed by atoms with E-state index in [9.17, 15) is 18.3 Å². The molecular weight excluding hydrogens is 361 g/mol. The maximum Gasteiger partial charge on any atom is 0.418 e. The van der Waals surface area contributed by atoms with Crippen LogP contribution in [-0.4, -0.2) is 24.0 Å². The van der Waals surface area contributed by atoms with Crippen LogP contribution in [0.15, 0.2) is 22.7 Å². The first kappa shape index (κ1) is 18.9. The van der Waals surface area contributed by atoms with Crippen LogP contribution in [0.4, 0.5) is 13.2 Å². The molecule has 1 N–H and O–H groups in total. The molecule has 122 valence electrons. The van der Waals surface area contributed by atoms with Crippen molar-refractivity contribution in [2.75, 3.05) is 7.11 Å². The molecule has 1 unspecified atom stereocenters. The highest BCUT2D eigenvalue weighted by Crippen LogP contribution is 2.45. The average Bonchev–Trinajstić information content (AvgIpc) is 2.37. The summed E-state index contributed by atoms with van der Waals surface area (Å²) in [7, 11) is 1.44. The van der Waals surface area contributed by atoms with E-state index < -0.39 is 30.0 Å². The van der Waals surface area contributed by atoms with Gasteiger partial charge in [-0.3, -0.25) is 0 Å². The Labute approximate surface area is 136 Å². The first-order valence-electron chi connectivity index (χ1n) is 6.53. The SMILES string of the molecule is C#CCC(O)(CC(C)(C)c1cc(Br)ccc1OC)C(F)(F)F. The van der Waals surface area contributed by atoms with Gasteiger partial charge in [0.25, 0.3) is 0 Å². The van der Waals surface area contributed by atoms with Crippen LogP contribution in [0.1, 0.15) is 32.3 Å². The molecule has 6 heteroatoms. The van der Waals surface area contributed by atoms with Crippen LogP contribution in [0.25, 0.3) is 0 Å². The Morgan fingerprint density at radius 3 is 2.36 bits per heavy atom. The second-order valence-corrected chi connectivity index (χ2v) is 6.73. The van der Waals surface area contributed by atoms with E-state index in [1.54, 1.807) is 32.0 Å². The summed E-state index contributed by atoms with van der Waals surface area (Å²) >= 11 is 3.30. The van der Waals surface area contributed by atoms with Gasteiger partial charge in [0.15, 0.2) is 5.60 Å². The van der Waals surface area contributed by atoms with Crippen molar-refractivity contribution in [3.05, 3.63) is 28.2 Å². The summed E-state index contributed by atoms with van der Waals surface area (Å²) in [6.45, 7) is 3.23. The molecule has 0 aromatic heterocycles. The molecule has 1 atom stereocenters. The number of alkyl halides is 3. The molecule has 0 aliphatic heterocycles. The van der Waals surface area contributed by atoms with Crippen LogP contribution in [0.3, 0.4) is 0 Å². The van der Waals surface area contributed by atoms with Gasteiger partial charge in [-0.25, -0.2) is 0 Å². The molecule has 0 aliphatic carbocycles. The van der Waals surface area contributed by atoms with Crippen molar-refractivity contribution in [2.45, 2.75) is 43.9 Å². The van der Waals surface area contributed by atoms with E-state index in [0.29, 0.717) is 15.8 Å². The fraction of sp³-hybridized carbons (Fsp3) is 0.500. The Hall–Kier alpha value is -1.19. The summed E-state index contributed by atoms with van der Waals surface area (Å²) in [4.78, 5) is 0. The summed E-state index contributed by atoms with van der Waals surface area (Å²) in [5, 5.41) is 10.1. The van der Waals surface area contributed by atoms with Crippen LogP contribution in [-0.2, 0) is 5.41 Å². The summed E-state index contributed by atoms with van der Waals surface area (Å²) in [6.07, 6.45) is -1.17. The van der Waals surface area contributed by atoms with Gasteiger partial charge < -0.3 is 9.84 Å². The Morgan fingerprint density at radius 1 is 1.32 bits per heavy atom. The van der Waals surface area contributed by atoms with Crippen LogP contribution < -0.4 is 4.74 Å². The van der Waals surface area contributed by atoms with Crippen molar-refractivity contribution >= 4 is 15.9 Å². The molecule has 0 aliphatic rings. The Kier molecular flexibility index (Phi) is 5.58. The molecular formula is C16H18BrF3O2. The van der Waals surface area contributed by atoms with Gasteiger partial charge in [-0.05, 0) is 30.0 Å². The van der Waals surface area contributed by atoms with E-state index in [0.717, 1.165) is 0 Å². The maximum atomic E-state index is 13.2. The monoisotopic (exact) mass is 378 g/mol. The van der Waals surface area contributed by atoms with Crippen molar-refractivity contribution < 1.29 is 23.0 Å². The number of ether oxygens (including phenoxy) is 1. The third-order valence-electron chi connectivity index (χ3n) is 3.55. The molecule has 1 aromatic rings. The second-order valence-electron chi connectivity index (χ2n) is 5.82. The number of hydrogen-bond acceptors (Lipinski definition) is 2. The topological polar surface area (TPSA) is 29.5 Å².